The van der Waals surface area contributed by atoms with Crippen molar-refractivity contribution < 1.29 is 0 Å². The van der Waals surface area contributed by atoms with Crippen molar-refractivity contribution in [3.8, 4) is 0 Å². The first-order chi connectivity index (χ1) is 6.18. The molecule has 1 heterocycles. The summed E-state index contributed by atoms with van der Waals surface area (Å²) >= 11 is 8.01. The highest BCUT2D eigenvalue weighted by Gasteiger charge is 2.34. The van der Waals surface area contributed by atoms with E-state index < -0.39 is 0 Å². The van der Waals surface area contributed by atoms with Gasteiger partial charge in [-0.1, -0.05) is 13.0 Å². The van der Waals surface area contributed by atoms with E-state index in [0.29, 0.717) is 10.8 Å². The first-order valence-electron chi connectivity index (χ1n) is 4.84. The lowest BCUT2D eigenvalue weighted by molar-refractivity contribution is 0.338. The Morgan fingerprint density at radius 1 is 1.69 bits per heavy atom. The van der Waals surface area contributed by atoms with Gasteiger partial charge in [-0.2, -0.15) is 0 Å². The van der Waals surface area contributed by atoms with Gasteiger partial charge in [0.2, 0.25) is 0 Å². The van der Waals surface area contributed by atoms with Gasteiger partial charge in [0.25, 0.3) is 0 Å². The van der Waals surface area contributed by atoms with Crippen molar-refractivity contribution in [3.63, 3.8) is 0 Å². The van der Waals surface area contributed by atoms with Crippen LogP contribution in [0.25, 0.3) is 0 Å². The van der Waals surface area contributed by atoms with Crippen LogP contribution in [-0.2, 0) is 6.42 Å². The highest BCUT2D eigenvalue weighted by Crippen LogP contribution is 2.43. The average molecular weight is 215 g/mol. The van der Waals surface area contributed by atoms with Gasteiger partial charge < -0.3 is 0 Å². The van der Waals surface area contributed by atoms with E-state index in [4.69, 9.17) is 11.6 Å². The topological polar surface area (TPSA) is 0 Å². The molecule has 0 spiro atoms. The van der Waals surface area contributed by atoms with Crippen LogP contribution in [0.1, 0.15) is 31.1 Å². The van der Waals surface area contributed by atoms with Gasteiger partial charge in [0, 0.05) is 10.3 Å². The van der Waals surface area contributed by atoms with Gasteiger partial charge in [-0.3, -0.25) is 0 Å². The van der Waals surface area contributed by atoms with Gasteiger partial charge in [-0.25, -0.2) is 0 Å². The molecule has 0 nitrogen and oxygen atoms in total. The SMILES string of the molecule is CC1(Cc2cccs2)CCC(Cl)C1. The zero-order valence-electron chi connectivity index (χ0n) is 7.92. The summed E-state index contributed by atoms with van der Waals surface area (Å²) in [6.45, 7) is 2.37. The molecule has 1 aromatic heterocycles. The molecule has 2 rings (SSSR count). The van der Waals surface area contributed by atoms with Gasteiger partial charge in [0.15, 0.2) is 0 Å². The average Bonchev–Trinajstić information content (AvgIpc) is 2.62. The van der Waals surface area contributed by atoms with Crippen molar-refractivity contribution in [1.29, 1.82) is 0 Å². The smallest absolute Gasteiger partial charge is 0.0341 e. The molecule has 0 bridgehead atoms. The standard InChI is InChI=1S/C11H15ClS/c1-11(5-4-9(12)7-11)8-10-3-2-6-13-10/h2-3,6,9H,4-5,7-8H2,1H3. The molecule has 0 radical (unpaired) electrons. The number of halogens is 1. The van der Waals surface area contributed by atoms with Gasteiger partial charge in [0.1, 0.15) is 0 Å². The Kier molecular flexibility index (Phi) is 2.66. The van der Waals surface area contributed by atoms with Gasteiger partial charge >= 0.3 is 0 Å². The largest absolute Gasteiger partial charge is 0.149 e. The quantitative estimate of drug-likeness (QED) is 0.651. The fourth-order valence-corrected chi connectivity index (χ4v) is 3.64. The van der Waals surface area contributed by atoms with Crippen molar-refractivity contribution in [2.24, 2.45) is 5.41 Å². The molecular weight excluding hydrogens is 200 g/mol. The molecule has 2 atom stereocenters. The molecule has 2 unspecified atom stereocenters. The minimum absolute atomic E-state index is 0.421. The number of rotatable bonds is 2. The first kappa shape index (κ1) is 9.54. The van der Waals surface area contributed by atoms with E-state index in [1.807, 2.05) is 11.3 Å². The molecule has 1 aromatic rings. The van der Waals surface area contributed by atoms with Crippen molar-refractivity contribution in [2.45, 2.75) is 38.0 Å². The molecule has 0 amide bonds. The highest BCUT2D eigenvalue weighted by atomic mass is 35.5. The Bertz CT molecular complexity index is 268. The van der Waals surface area contributed by atoms with Crippen LogP contribution in [-0.4, -0.2) is 5.38 Å². The molecule has 2 heteroatoms. The predicted molar refractivity (Wildman–Crippen MR) is 59.6 cm³/mol. The molecule has 0 aliphatic heterocycles. The van der Waals surface area contributed by atoms with Gasteiger partial charge in [0.05, 0.1) is 0 Å². The minimum Gasteiger partial charge on any atom is -0.149 e. The third-order valence-corrected chi connectivity index (χ3v) is 4.21. The van der Waals surface area contributed by atoms with Gasteiger partial charge in [-0.15, -0.1) is 22.9 Å². The summed E-state index contributed by atoms with van der Waals surface area (Å²) in [5.41, 5.74) is 0.470. The van der Waals surface area contributed by atoms with Crippen LogP contribution in [0.2, 0.25) is 0 Å². The Morgan fingerprint density at radius 3 is 3.08 bits per heavy atom. The monoisotopic (exact) mass is 214 g/mol. The molecule has 1 fully saturated rings. The Labute approximate surface area is 88.9 Å². The van der Waals surface area contributed by atoms with E-state index >= 15 is 0 Å². The summed E-state index contributed by atoms with van der Waals surface area (Å²) in [5.74, 6) is 0. The summed E-state index contributed by atoms with van der Waals surface area (Å²) in [6.07, 6.45) is 4.89. The lowest BCUT2D eigenvalue weighted by Gasteiger charge is -2.22. The Balaban J connectivity index is 2.01. The molecule has 72 valence electrons. The summed E-state index contributed by atoms with van der Waals surface area (Å²) in [7, 11) is 0. The van der Waals surface area contributed by atoms with Crippen molar-refractivity contribution in [1.82, 2.24) is 0 Å². The second-order valence-electron chi connectivity index (χ2n) is 4.41. The number of alkyl halides is 1. The van der Waals surface area contributed by atoms with E-state index in [0.717, 1.165) is 0 Å². The fourth-order valence-electron chi connectivity index (χ4n) is 2.24. The molecule has 0 aromatic carbocycles. The van der Waals surface area contributed by atoms with Crippen LogP contribution in [0.5, 0.6) is 0 Å². The molecular formula is C11H15ClS. The van der Waals surface area contributed by atoms with E-state index in [1.165, 1.54) is 30.6 Å². The van der Waals surface area contributed by atoms with Crippen LogP contribution < -0.4 is 0 Å². The Morgan fingerprint density at radius 2 is 2.54 bits per heavy atom. The van der Waals surface area contributed by atoms with Crippen LogP contribution >= 0.6 is 22.9 Å². The fraction of sp³-hybridized carbons (Fsp3) is 0.636. The summed E-state index contributed by atoms with van der Waals surface area (Å²) in [6, 6.07) is 4.37. The van der Waals surface area contributed by atoms with Gasteiger partial charge in [-0.05, 0) is 42.5 Å². The van der Waals surface area contributed by atoms with E-state index in [9.17, 15) is 0 Å². The summed E-state index contributed by atoms with van der Waals surface area (Å²) in [5, 5.41) is 2.58. The Hall–Kier alpha value is -0.0100. The second kappa shape index (κ2) is 3.62. The molecule has 1 aliphatic carbocycles. The third kappa shape index (κ3) is 2.26. The van der Waals surface area contributed by atoms with Crippen molar-refractivity contribution in [3.05, 3.63) is 22.4 Å². The third-order valence-electron chi connectivity index (χ3n) is 2.96. The van der Waals surface area contributed by atoms with E-state index in [2.05, 4.69) is 24.4 Å². The summed E-state index contributed by atoms with van der Waals surface area (Å²) < 4.78 is 0. The minimum atomic E-state index is 0.421. The lowest BCUT2D eigenvalue weighted by Crippen LogP contribution is -2.14. The van der Waals surface area contributed by atoms with Crippen LogP contribution in [0.15, 0.2) is 17.5 Å². The van der Waals surface area contributed by atoms with E-state index in [1.54, 1.807) is 0 Å². The maximum atomic E-state index is 6.14. The highest BCUT2D eigenvalue weighted by molar-refractivity contribution is 7.09. The summed E-state index contributed by atoms with van der Waals surface area (Å²) in [4.78, 5) is 1.51. The van der Waals surface area contributed by atoms with Crippen LogP contribution in [0.4, 0.5) is 0 Å². The molecule has 1 saturated carbocycles. The molecule has 0 N–H and O–H groups in total. The van der Waals surface area contributed by atoms with Crippen LogP contribution in [0.3, 0.4) is 0 Å². The zero-order chi connectivity index (χ0) is 9.31. The number of thiophene rings is 1. The molecule has 1 aliphatic rings. The maximum absolute atomic E-state index is 6.14. The second-order valence-corrected chi connectivity index (χ2v) is 6.06. The zero-order valence-corrected chi connectivity index (χ0v) is 9.50. The molecule has 0 saturated heterocycles. The molecule has 13 heavy (non-hydrogen) atoms. The normalized spacial score (nSPS) is 33.8. The first-order valence-corrected chi connectivity index (χ1v) is 6.16. The van der Waals surface area contributed by atoms with Crippen molar-refractivity contribution >= 4 is 22.9 Å². The van der Waals surface area contributed by atoms with Crippen molar-refractivity contribution in [2.75, 3.05) is 0 Å². The van der Waals surface area contributed by atoms with E-state index in [-0.39, 0.29) is 0 Å². The number of hydrogen-bond acceptors (Lipinski definition) is 1. The maximum Gasteiger partial charge on any atom is 0.0341 e. The predicted octanol–water partition coefficient (Wildman–Crippen LogP) is 4.09. The van der Waals surface area contributed by atoms with Crippen LogP contribution in [0, 0.1) is 5.41 Å². The lowest BCUT2D eigenvalue weighted by atomic mass is 9.85. The number of hydrogen-bond donors (Lipinski definition) is 0.